The maximum absolute atomic E-state index is 13.1. The number of amides is 1. The number of sulfonamides is 1. The Bertz CT molecular complexity index is 1340. The first kappa shape index (κ1) is 24.2. The van der Waals surface area contributed by atoms with E-state index in [9.17, 15) is 13.2 Å². The van der Waals surface area contributed by atoms with Crippen molar-refractivity contribution >= 4 is 44.4 Å². The van der Waals surface area contributed by atoms with Crippen LogP contribution in [0.2, 0.25) is 0 Å². The second-order valence-corrected chi connectivity index (χ2v) is 10.6. The first-order valence-corrected chi connectivity index (χ1v) is 13.3. The van der Waals surface area contributed by atoms with Crippen LogP contribution >= 0.6 is 11.8 Å². The summed E-state index contributed by atoms with van der Waals surface area (Å²) in [6, 6.07) is 14.7. The average Bonchev–Trinajstić information content (AvgIpc) is 3.20. The van der Waals surface area contributed by atoms with Gasteiger partial charge in [0.2, 0.25) is 15.9 Å². The van der Waals surface area contributed by atoms with Gasteiger partial charge >= 0.3 is 0 Å². The summed E-state index contributed by atoms with van der Waals surface area (Å²) in [6.45, 7) is 3.57. The number of morpholine rings is 1. The van der Waals surface area contributed by atoms with Crippen LogP contribution in [0.15, 0.2) is 52.5 Å². The molecule has 178 valence electrons. The van der Waals surface area contributed by atoms with Crippen molar-refractivity contribution < 1.29 is 17.9 Å². The Hall–Kier alpha value is -2.91. The van der Waals surface area contributed by atoms with E-state index in [1.54, 1.807) is 19.1 Å². The van der Waals surface area contributed by atoms with Crippen LogP contribution in [0, 0.1) is 18.3 Å². The fraction of sp³-hybridized carbons (Fsp3) is 0.348. The number of imidazole rings is 1. The summed E-state index contributed by atoms with van der Waals surface area (Å²) >= 11 is 1.28. The number of hydrogen-bond donors (Lipinski definition) is 1. The highest BCUT2D eigenvalue weighted by Crippen LogP contribution is 2.26. The number of nitriles is 1. The summed E-state index contributed by atoms with van der Waals surface area (Å²) in [4.78, 5) is 17.5. The summed E-state index contributed by atoms with van der Waals surface area (Å²) in [5.41, 5.74) is 2.75. The molecule has 0 bridgehead atoms. The summed E-state index contributed by atoms with van der Waals surface area (Å²) < 4.78 is 34.8. The van der Waals surface area contributed by atoms with E-state index < -0.39 is 10.0 Å². The van der Waals surface area contributed by atoms with Crippen molar-refractivity contribution in [3.63, 3.8) is 0 Å². The second kappa shape index (κ2) is 10.6. The predicted molar refractivity (Wildman–Crippen MR) is 130 cm³/mol. The van der Waals surface area contributed by atoms with Gasteiger partial charge in [0.25, 0.3) is 0 Å². The van der Waals surface area contributed by atoms with Crippen LogP contribution < -0.4 is 5.32 Å². The molecule has 1 amide bonds. The molecule has 0 spiro atoms. The average molecular weight is 500 g/mol. The van der Waals surface area contributed by atoms with E-state index in [1.165, 1.54) is 22.1 Å². The van der Waals surface area contributed by atoms with Crippen LogP contribution in [0.25, 0.3) is 11.0 Å². The van der Waals surface area contributed by atoms with Gasteiger partial charge in [-0.1, -0.05) is 30.0 Å². The molecule has 1 aliphatic heterocycles. The molecule has 1 fully saturated rings. The zero-order valence-electron chi connectivity index (χ0n) is 18.7. The van der Waals surface area contributed by atoms with Gasteiger partial charge in [-0.3, -0.25) is 4.79 Å². The molecule has 2 heterocycles. The number of nitrogens with one attached hydrogen (secondary N) is 1. The lowest BCUT2D eigenvalue weighted by atomic mass is 10.2. The maximum Gasteiger partial charge on any atom is 0.243 e. The quantitative estimate of drug-likeness (QED) is 0.474. The van der Waals surface area contributed by atoms with Crippen LogP contribution in [-0.2, 0) is 26.1 Å². The van der Waals surface area contributed by atoms with Gasteiger partial charge < -0.3 is 14.6 Å². The van der Waals surface area contributed by atoms with Gasteiger partial charge in [-0.25, -0.2) is 13.4 Å². The molecule has 1 N–H and O–H groups in total. The maximum atomic E-state index is 13.1. The number of fused-ring (bicyclic) bond motifs is 1. The molecule has 3 aromatic rings. The molecule has 0 saturated carbocycles. The molecule has 1 saturated heterocycles. The predicted octanol–water partition coefficient (Wildman–Crippen LogP) is 3.01. The highest BCUT2D eigenvalue weighted by Gasteiger charge is 2.28. The molecule has 9 nitrogen and oxygen atoms in total. The molecule has 11 heteroatoms. The molecule has 0 radical (unpaired) electrons. The van der Waals surface area contributed by atoms with Gasteiger partial charge in [0.15, 0.2) is 5.16 Å². The highest BCUT2D eigenvalue weighted by molar-refractivity contribution is 7.99. The van der Waals surface area contributed by atoms with Gasteiger partial charge in [-0.05, 0) is 36.8 Å². The van der Waals surface area contributed by atoms with Gasteiger partial charge in [0.05, 0.1) is 47.4 Å². The number of carbonyl (C=O) groups excluding carboxylic acids is 1. The smallest absolute Gasteiger partial charge is 0.243 e. The highest BCUT2D eigenvalue weighted by atomic mass is 32.2. The number of benzene rings is 2. The van der Waals surface area contributed by atoms with E-state index in [1.807, 2.05) is 28.8 Å². The first-order valence-electron chi connectivity index (χ1n) is 10.8. The minimum atomic E-state index is -3.68. The monoisotopic (exact) mass is 499 g/mol. The van der Waals surface area contributed by atoms with Crippen molar-refractivity contribution in [2.45, 2.75) is 29.9 Å². The summed E-state index contributed by atoms with van der Waals surface area (Å²) in [6.07, 6.45) is 0.337. The minimum absolute atomic E-state index is 0.0926. The van der Waals surface area contributed by atoms with Crippen molar-refractivity contribution in [3.05, 3.63) is 48.0 Å². The molecule has 2 aromatic carbocycles. The SMILES string of the molecule is Cc1ccc(NC(=O)CSc2nc3ccccc3n2CCC#N)cc1S(=O)(=O)N1CCOCC1. The van der Waals surface area contributed by atoms with E-state index in [0.29, 0.717) is 55.7 Å². The van der Waals surface area contributed by atoms with Crippen LogP contribution in [-0.4, -0.2) is 60.2 Å². The number of thioether (sulfide) groups is 1. The Morgan fingerprint density at radius 3 is 2.76 bits per heavy atom. The molecule has 0 aliphatic carbocycles. The molecule has 1 aliphatic rings. The molecule has 4 rings (SSSR count). The number of ether oxygens (including phenoxy) is 1. The van der Waals surface area contributed by atoms with Crippen LogP contribution in [0.1, 0.15) is 12.0 Å². The fourth-order valence-electron chi connectivity index (χ4n) is 3.75. The molecular formula is C23H25N5O4S2. The Labute approximate surface area is 202 Å². The number of nitrogens with zero attached hydrogens (tertiary/aromatic N) is 4. The number of carbonyl (C=O) groups is 1. The minimum Gasteiger partial charge on any atom is -0.379 e. The zero-order valence-corrected chi connectivity index (χ0v) is 20.4. The van der Waals surface area contributed by atoms with Crippen LogP contribution in [0.4, 0.5) is 5.69 Å². The standard InChI is InChI=1S/C23H25N5O4S2/c1-17-7-8-18(15-21(17)34(30,31)27-11-13-32-14-12-27)25-22(29)16-33-23-26-19-5-2-3-6-20(19)28(23)10-4-9-24/h2-3,5-8,15H,4,10-14,16H2,1H3,(H,25,29). The third-order valence-electron chi connectivity index (χ3n) is 5.46. The Morgan fingerprint density at radius 2 is 2.00 bits per heavy atom. The molecule has 0 unspecified atom stereocenters. The fourth-order valence-corrected chi connectivity index (χ4v) is 6.25. The Morgan fingerprint density at radius 1 is 1.24 bits per heavy atom. The van der Waals surface area contributed by atoms with E-state index in [0.717, 1.165) is 11.0 Å². The lowest BCUT2D eigenvalue weighted by Crippen LogP contribution is -2.40. The largest absolute Gasteiger partial charge is 0.379 e. The topological polar surface area (TPSA) is 117 Å². The van der Waals surface area contributed by atoms with Crippen molar-refractivity contribution in [3.8, 4) is 6.07 Å². The summed E-state index contributed by atoms with van der Waals surface area (Å²) in [5.74, 6) is -0.183. The van der Waals surface area contributed by atoms with Gasteiger partial charge in [-0.15, -0.1) is 0 Å². The lowest BCUT2D eigenvalue weighted by molar-refractivity contribution is -0.113. The summed E-state index contributed by atoms with van der Waals surface area (Å²) in [7, 11) is -3.68. The Balaban J connectivity index is 1.47. The first-order chi connectivity index (χ1) is 16.4. The number of anilines is 1. The van der Waals surface area contributed by atoms with Gasteiger partial charge in [0, 0.05) is 25.3 Å². The van der Waals surface area contributed by atoms with Gasteiger partial charge in [-0.2, -0.15) is 9.57 Å². The van der Waals surface area contributed by atoms with E-state index >= 15 is 0 Å². The number of para-hydroxylation sites is 2. The van der Waals surface area contributed by atoms with E-state index in [-0.39, 0.29) is 16.6 Å². The number of hydrogen-bond acceptors (Lipinski definition) is 7. The second-order valence-electron chi connectivity index (χ2n) is 7.78. The number of aryl methyl sites for hydroxylation is 2. The summed E-state index contributed by atoms with van der Waals surface area (Å²) in [5, 5.41) is 12.4. The number of rotatable bonds is 8. The molecule has 0 atom stereocenters. The van der Waals surface area contributed by atoms with Crippen molar-refractivity contribution in [2.75, 3.05) is 37.4 Å². The normalized spacial score (nSPS) is 14.7. The molecule has 1 aromatic heterocycles. The van der Waals surface area contributed by atoms with Crippen LogP contribution in [0.5, 0.6) is 0 Å². The van der Waals surface area contributed by atoms with Gasteiger partial charge in [0.1, 0.15) is 0 Å². The van der Waals surface area contributed by atoms with E-state index in [2.05, 4.69) is 16.4 Å². The van der Waals surface area contributed by atoms with Crippen molar-refractivity contribution in [2.24, 2.45) is 0 Å². The molecular weight excluding hydrogens is 474 g/mol. The zero-order chi connectivity index (χ0) is 24.1. The number of aromatic nitrogens is 2. The van der Waals surface area contributed by atoms with E-state index in [4.69, 9.17) is 10.00 Å². The van der Waals surface area contributed by atoms with Crippen molar-refractivity contribution in [1.82, 2.24) is 13.9 Å². The third-order valence-corrected chi connectivity index (χ3v) is 8.48. The lowest BCUT2D eigenvalue weighted by Gasteiger charge is -2.26. The molecule has 34 heavy (non-hydrogen) atoms. The van der Waals surface area contributed by atoms with Crippen LogP contribution in [0.3, 0.4) is 0 Å². The Kier molecular flexibility index (Phi) is 7.53. The van der Waals surface area contributed by atoms with Crippen molar-refractivity contribution in [1.29, 1.82) is 5.26 Å². The third kappa shape index (κ3) is 5.26.